The summed E-state index contributed by atoms with van der Waals surface area (Å²) >= 11 is 0. The van der Waals surface area contributed by atoms with Gasteiger partial charge in [0.1, 0.15) is 0 Å². The Hall–Kier alpha value is -1.36. The zero-order valence-corrected chi connectivity index (χ0v) is 9.32. The first kappa shape index (κ1) is 11.1. The second kappa shape index (κ2) is 4.25. The predicted octanol–water partition coefficient (Wildman–Crippen LogP) is 0.187. The quantitative estimate of drug-likeness (QED) is 0.702. The second-order valence-corrected chi connectivity index (χ2v) is 4.27. The first-order valence-corrected chi connectivity index (χ1v) is 5.58. The number of aliphatic carboxylic acids is 1. The number of hydrogen-bond acceptors (Lipinski definition) is 3. The zero-order valence-electron chi connectivity index (χ0n) is 9.32. The van der Waals surface area contributed by atoms with Crippen LogP contribution >= 0.6 is 0 Å². The van der Waals surface area contributed by atoms with Crippen molar-refractivity contribution >= 4 is 11.9 Å². The lowest BCUT2D eigenvalue weighted by Gasteiger charge is -2.35. The minimum absolute atomic E-state index is 0.0751. The maximum absolute atomic E-state index is 11.4. The second-order valence-electron chi connectivity index (χ2n) is 4.27. The molecule has 0 fully saturated rings. The van der Waals surface area contributed by atoms with Crippen molar-refractivity contribution in [1.29, 1.82) is 0 Å². The van der Waals surface area contributed by atoms with Crippen LogP contribution in [0.2, 0.25) is 0 Å². The number of carbonyl (C=O) groups excluding carboxylic acids is 1. The molecule has 0 aromatic carbocycles. The van der Waals surface area contributed by atoms with Crippen molar-refractivity contribution in [2.75, 3.05) is 19.6 Å². The summed E-state index contributed by atoms with van der Waals surface area (Å²) in [6.07, 6.45) is 0.824. The van der Waals surface area contributed by atoms with E-state index in [1.807, 2.05) is 0 Å². The van der Waals surface area contributed by atoms with E-state index in [0.29, 0.717) is 6.54 Å². The fourth-order valence-corrected chi connectivity index (χ4v) is 2.34. The number of amides is 1. The van der Waals surface area contributed by atoms with Crippen LogP contribution in [0.5, 0.6) is 0 Å². The minimum Gasteiger partial charge on any atom is -0.481 e. The van der Waals surface area contributed by atoms with Crippen LogP contribution in [0.4, 0.5) is 0 Å². The van der Waals surface area contributed by atoms with Crippen LogP contribution in [0.1, 0.15) is 19.8 Å². The van der Waals surface area contributed by atoms with Gasteiger partial charge >= 0.3 is 5.97 Å². The molecule has 1 amide bonds. The first-order chi connectivity index (χ1) is 7.61. The molecule has 0 spiro atoms. The smallest absolute Gasteiger partial charge is 0.311 e. The number of nitrogens with one attached hydrogen (secondary N) is 1. The number of hydrogen-bond donors (Lipinski definition) is 2. The molecule has 2 aliphatic rings. The molecule has 0 radical (unpaired) electrons. The van der Waals surface area contributed by atoms with Crippen molar-refractivity contribution in [3.8, 4) is 0 Å². The molecule has 5 heteroatoms. The summed E-state index contributed by atoms with van der Waals surface area (Å²) in [4.78, 5) is 24.7. The van der Waals surface area contributed by atoms with E-state index < -0.39 is 11.9 Å². The van der Waals surface area contributed by atoms with Crippen LogP contribution in [0, 0.1) is 5.92 Å². The highest BCUT2D eigenvalue weighted by atomic mass is 16.4. The van der Waals surface area contributed by atoms with Crippen molar-refractivity contribution in [3.63, 3.8) is 0 Å². The topological polar surface area (TPSA) is 69.6 Å². The normalized spacial score (nSPS) is 26.3. The number of nitrogens with zero attached hydrogens (tertiary/aromatic N) is 1. The van der Waals surface area contributed by atoms with E-state index in [1.165, 1.54) is 0 Å². The fourth-order valence-electron chi connectivity index (χ4n) is 2.34. The summed E-state index contributed by atoms with van der Waals surface area (Å²) in [7, 11) is 0. The van der Waals surface area contributed by atoms with Gasteiger partial charge in [0.2, 0.25) is 5.91 Å². The molecule has 2 N–H and O–H groups in total. The van der Waals surface area contributed by atoms with Crippen molar-refractivity contribution in [2.45, 2.75) is 19.8 Å². The van der Waals surface area contributed by atoms with Crippen LogP contribution in [0.25, 0.3) is 0 Å². The van der Waals surface area contributed by atoms with Gasteiger partial charge in [-0.3, -0.25) is 14.5 Å². The molecule has 88 valence electrons. The standard InChI is InChI=1S/C11H16N2O3/c1-2-13-4-3-9-8(6-13)7(11(15)16)5-10(14)12-9/h7H,2-6H2,1H3,(H,12,14)(H,15,16). The Bertz CT molecular complexity index is 362. The molecule has 0 saturated carbocycles. The average Bonchev–Trinajstić information content (AvgIpc) is 2.27. The Morgan fingerprint density at radius 3 is 3.00 bits per heavy atom. The van der Waals surface area contributed by atoms with Crippen LogP contribution in [-0.2, 0) is 9.59 Å². The summed E-state index contributed by atoms with van der Waals surface area (Å²) in [5, 5.41) is 11.9. The van der Waals surface area contributed by atoms with E-state index >= 15 is 0 Å². The molecule has 0 bridgehead atoms. The lowest BCUT2D eigenvalue weighted by molar-refractivity contribution is -0.143. The Morgan fingerprint density at radius 1 is 1.62 bits per heavy atom. The van der Waals surface area contributed by atoms with Crippen LogP contribution in [0.3, 0.4) is 0 Å². The zero-order chi connectivity index (χ0) is 11.7. The largest absolute Gasteiger partial charge is 0.481 e. The SMILES string of the molecule is CCN1CCC2=C(C1)C(C(=O)O)CC(=O)N2. The summed E-state index contributed by atoms with van der Waals surface area (Å²) in [5.74, 6) is -1.69. The summed E-state index contributed by atoms with van der Waals surface area (Å²) < 4.78 is 0. The molecule has 0 aromatic rings. The van der Waals surface area contributed by atoms with E-state index in [4.69, 9.17) is 5.11 Å². The summed E-state index contributed by atoms with van der Waals surface area (Å²) in [5.41, 5.74) is 1.73. The predicted molar refractivity (Wildman–Crippen MR) is 57.6 cm³/mol. The van der Waals surface area contributed by atoms with E-state index in [-0.39, 0.29) is 12.3 Å². The molecule has 2 heterocycles. The van der Waals surface area contributed by atoms with Gasteiger partial charge in [-0.05, 0) is 12.1 Å². The highest BCUT2D eigenvalue weighted by molar-refractivity contribution is 5.87. The van der Waals surface area contributed by atoms with Gasteiger partial charge in [0.25, 0.3) is 0 Å². The van der Waals surface area contributed by atoms with Crippen LogP contribution < -0.4 is 5.32 Å². The molecule has 2 rings (SSSR count). The van der Waals surface area contributed by atoms with Gasteiger partial charge in [0, 0.05) is 31.6 Å². The van der Waals surface area contributed by atoms with Crippen LogP contribution in [-0.4, -0.2) is 41.5 Å². The van der Waals surface area contributed by atoms with Gasteiger partial charge in [0.15, 0.2) is 0 Å². The van der Waals surface area contributed by atoms with Crippen molar-refractivity contribution in [3.05, 3.63) is 11.3 Å². The molecule has 1 unspecified atom stereocenters. The number of likely N-dealkylation sites (N-methyl/N-ethyl adjacent to an activating group) is 1. The third-order valence-electron chi connectivity index (χ3n) is 3.31. The van der Waals surface area contributed by atoms with Crippen molar-refractivity contribution in [1.82, 2.24) is 10.2 Å². The van der Waals surface area contributed by atoms with Gasteiger partial charge < -0.3 is 10.4 Å². The molecular weight excluding hydrogens is 208 g/mol. The van der Waals surface area contributed by atoms with Crippen molar-refractivity contribution < 1.29 is 14.7 Å². The Balaban J connectivity index is 2.27. The highest BCUT2D eigenvalue weighted by Crippen LogP contribution is 2.28. The molecule has 0 saturated heterocycles. The number of rotatable bonds is 2. The Labute approximate surface area is 94.1 Å². The molecule has 0 aliphatic carbocycles. The third-order valence-corrected chi connectivity index (χ3v) is 3.31. The first-order valence-electron chi connectivity index (χ1n) is 5.58. The number of carboxylic acid groups (broad SMARTS) is 1. The number of carboxylic acids is 1. The van der Waals surface area contributed by atoms with E-state index in [0.717, 1.165) is 30.8 Å². The maximum Gasteiger partial charge on any atom is 0.311 e. The fraction of sp³-hybridized carbons (Fsp3) is 0.636. The van der Waals surface area contributed by atoms with Gasteiger partial charge in [-0.25, -0.2) is 0 Å². The average molecular weight is 224 g/mol. The van der Waals surface area contributed by atoms with Gasteiger partial charge in [-0.15, -0.1) is 0 Å². The molecule has 1 atom stereocenters. The molecule has 5 nitrogen and oxygen atoms in total. The molecule has 2 aliphatic heterocycles. The minimum atomic E-state index is -0.889. The summed E-state index contributed by atoms with van der Waals surface area (Å²) in [6, 6.07) is 0. The lowest BCUT2D eigenvalue weighted by Crippen LogP contribution is -2.44. The Morgan fingerprint density at radius 2 is 2.38 bits per heavy atom. The summed E-state index contributed by atoms with van der Waals surface area (Å²) in [6.45, 7) is 4.53. The lowest BCUT2D eigenvalue weighted by atomic mass is 9.87. The highest BCUT2D eigenvalue weighted by Gasteiger charge is 2.35. The third kappa shape index (κ3) is 1.95. The Kier molecular flexibility index (Phi) is 2.96. The molecular formula is C11H16N2O3. The van der Waals surface area contributed by atoms with Gasteiger partial charge in [0.05, 0.1) is 5.92 Å². The van der Waals surface area contributed by atoms with Crippen LogP contribution in [0.15, 0.2) is 11.3 Å². The van der Waals surface area contributed by atoms with E-state index in [1.54, 1.807) is 0 Å². The number of carbonyl (C=O) groups is 2. The maximum atomic E-state index is 11.4. The van der Waals surface area contributed by atoms with E-state index in [9.17, 15) is 9.59 Å². The molecule has 0 aromatic heterocycles. The van der Waals surface area contributed by atoms with Crippen molar-refractivity contribution in [2.24, 2.45) is 5.92 Å². The van der Waals surface area contributed by atoms with Gasteiger partial charge in [-0.2, -0.15) is 0 Å². The van der Waals surface area contributed by atoms with E-state index in [2.05, 4.69) is 17.1 Å². The monoisotopic (exact) mass is 224 g/mol. The van der Waals surface area contributed by atoms with Gasteiger partial charge in [-0.1, -0.05) is 6.92 Å². The molecule has 16 heavy (non-hydrogen) atoms.